The third-order valence-corrected chi connectivity index (χ3v) is 3.59. The van der Waals surface area contributed by atoms with Crippen LogP contribution in [0.5, 0.6) is 11.6 Å². The standard InChI is InChI=1S/C17H16Cl2N2O3/c1-3-15(24-17-14(19)8-12(18)10-21-17)16(22)20-9-11-4-6-13(23-2)7-5-11/h3-8,10,15H,1,9H2,2H3,(H,20,22). The molecule has 0 saturated heterocycles. The van der Waals surface area contributed by atoms with Crippen molar-refractivity contribution >= 4 is 29.1 Å². The molecule has 1 amide bonds. The Labute approximate surface area is 150 Å². The average Bonchev–Trinajstić information content (AvgIpc) is 2.59. The lowest BCUT2D eigenvalue weighted by atomic mass is 10.2. The smallest absolute Gasteiger partial charge is 0.265 e. The number of hydrogen-bond acceptors (Lipinski definition) is 4. The first-order valence-corrected chi connectivity index (χ1v) is 7.80. The Hall–Kier alpha value is -2.24. The number of hydrogen-bond donors (Lipinski definition) is 1. The van der Waals surface area contributed by atoms with Gasteiger partial charge in [-0.1, -0.05) is 41.9 Å². The molecule has 7 heteroatoms. The van der Waals surface area contributed by atoms with Gasteiger partial charge in [-0.05, 0) is 29.8 Å². The number of amides is 1. The Bertz CT molecular complexity index is 720. The fourth-order valence-corrected chi connectivity index (χ4v) is 2.28. The Morgan fingerprint density at radius 3 is 2.67 bits per heavy atom. The van der Waals surface area contributed by atoms with Gasteiger partial charge < -0.3 is 14.8 Å². The van der Waals surface area contributed by atoms with E-state index in [-0.39, 0.29) is 16.8 Å². The molecule has 0 radical (unpaired) electrons. The van der Waals surface area contributed by atoms with Crippen LogP contribution in [-0.4, -0.2) is 24.1 Å². The Morgan fingerprint density at radius 1 is 1.38 bits per heavy atom. The summed E-state index contributed by atoms with van der Waals surface area (Å²) < 4.78 is 10.6. The van der Waals surface area contributed by atoms with Crippen molar-refractivity contribution in [2.24, 2.45) is 0 Å². The average molecular weight is 367 g/mol. The largest absolute Gasteiger partial charge is 0.497 e. The SMILES string of the molecule is C=CC(Oc1ncc(Cl)cc1Cl)C(=O)NCc1ccc(OC)cc1. The van der Waals surface area contributed by atoms with E-state index in [9.17, 15) is 4.79 Å². The van der Waals surface area contributed by atoms with E-state index in [2.05, 4.69) is 16.9 Å². The molecule has 1 heterocycles. The zero-order valence-corrected chi connectivity index (χ0v) is 14.5. The topological polar surface area (TPSA) is 60.5 Å². The molecule has 1 aromatic heterocycles. The summed E-state index contributed by atoms with van der Waals surface area (Å²) >= 11 is 11.8. The van der Waals surface area contributed by atoms with Crippen LogP contribution in [0.2, 0.25) is 10.0 Å². The predicted octanol–water partition coefficient (Wildman–Crippen LogP) is 3.65. The van der Waals surface area contributed by atoms with Crippen LogP contribution in [0.1, 0.15) is 5.56 Å². The van der Waals surface area contributed by atoms with Crippen LogP contribution >= 0.6 is 23.2 Å². The molecule has 1 atom stereocenters. The summed E-state index contributed by atoms with van der Waals surface area (Å²) in [6.07, 6.45) is 1.84. The molecule has 2 aromatic rings. The number of carbonyl (C=O) groups is 1. The van der Waals surface area contributed by atoms with Crippen molar-refractivity contribution < 1.29 is 14.3 Å². The third-order valence-electron chi connectivity index (χ3n) is 3.11. The zero-order valence-electron chi connectivity index (χ0n) is 13.0. The minimum Gasteiger partial charge on any atom is -0.497 e. The van der Waals surface area contributed by atoms with E-state index in [0.29, 0.717) is 11.6 Å². The van der Waals surface area contributed by atoms with Gasteiger partial charge in [0.05, 0.1) is 12.1 Å². The van der Waals surface area contributed by atoms with Crippen LogP contribution in [0.3, 0.4) is 0 Å². The van der Waals surface area contributed by atoms with E-state index in [1.54, 1.807) is 7.11 Å². The lowest BCUT2D eigenvalue weighted by Crippen LogP contribution is -2.36. The predicted molar refractivity (Wildman–Crippen MR) is 93.7 cm³/mol. The number of benzene rings is 1. The highest BCUT2D eigenvalue weighted by Gasteiger charge is 2.18. The van der Waals surface area contributed by atoms with Gasteiger partial charge in [0, 0.05) is 12.7 Å². The number of aromatic nitrogens is 1. The summed E-state index contributed by atoms with van der Waals surface area (Å²) in [7, 11) is 1.60. The minimum atomic E-state index is -0.922. The molecule has 5 nitrogen and oxygen atoms in total. The fourth-order valence-electron chi connectivity index (χ4n) is 1.85. The summed E-state index contributed by atoms with van der Waals surface area (Å²) in [6, 6.07) is 8.85. The minimum absolute atomic E-state index is 0.116. The van der Waals surface area contributed by atoms with Crippen LogP contribution in [0.4, 0.5) is 0 Å². The van der Waals surface area contributed by atoms with Crippen molar-refractivity contribution in [2.45, 2.75) is 12.6 Å². The molecule has 0 spiro atoms. The van der Waals surface area contributed by atoms with Crippen LogP contribution < -0.4 is 14.8 Å². The highest BCUT2D eigenvalue weighted by atomic mass is 35.5. The molecule has 1 aromatic carbocycles. The van der Waals surface area contributed by atoms with Gasteiger partial charge in [-0.25, -0.2) is 4.98 Å². The lowest BCUT2D eigenvalue weighted by molar-refractivity contribution is -0.126. The van der Waals surface area contributed by atoms with Crippen molar-refractivity contribution in [1.29, 1.82) is 0 Å². The van der Waals surface area contributed by atoms with Gasteiger partial charge in [-0.2, -0.15) is 0 Å². The molecular formula is C17H16Cl2N2O3. The normalized spacial score (nSPS) is 11.5. The number of carbonyl (C=O) groups excluding carboxylic acids is 1. The molecule has 0 aliphatic rings. The first kappa shape index (κ1) is 18.1. The molecule has 126 valence electrons. The lowest BCUT2D eigenvalue weighted by Gasteiger charge is -2.15. The second kappa shape index (κ2) is 8.57. The zero-order chi connectivity index (χ0) is 17.5. The van der Waals surface area contributed by atoms with Gasteiger partial charge in [-0.15, -0.1) is 0 Å². The van der Waals surface area contributed by atoms with Crippen molar-refractivity contribution in [3.63, 3.8) is 0 Å². The molecular weight excluding hydrogens is 351 g/mol. The Kier molecular flexibility index (Phi) is 6.46. The van der Waals surface area contributed by atoms with Crippen molar-refractivity contribution in [2.75, 3.05) is 7.11 Å². The quantitative estimate of drug-likeness (QED) is 0.759. The van der Waals surface area contributed by atoms with Gasteiger partial charge in [0.25, 0.3) is 5.91 Å². The summed E-state index contributed by atoms with van der Waals surface area (Å²) in [4.78, 5) is 16.2. The first-order chi connectivity index (χ1) is 11.5. The van der Waals surface area contributed by atoms with Crippen molar-refractivity contribution in [1.82, 2.24) is 10.3 Å². The number of nitrogens with one attached hydrogen (secondary N) is 1. The molecule has 0 fully saturated rings. The summed E-state index contributed by atoms with van der Waals surface area (Å²) in [6.45, 7) is 3.95. The molecule has 0 bridgehead atoms. The van der Waals surface area contributed by atoms with E-state index in [1.165, 1.54) is 18.3 Å². The van der Waals surface area contributed by atoms with Gasteiger partial charge in [0.2, 0.25) is 5.88 Å². The number of pyridine rings is 1. The molecule has 1 N–H and O–H groups in total. The molecule has 2 rings (SSSR count). The summed E-state index contributed by atoms with van der Waals surface area (Å²) in [5.74, 6) is 0.514. The van der Waals surface area contributed by atoms with E-state index in [1.807, 2.05) is 24.3 Å². The van der Waals surface area contributed by atoms with Gasteiger partial charge >= 0.3 is 0 Å². The van der Waals surface area contributed by atoms with Gasteiger partial charge in [-0.3, -0.25) is 4.79 Å². The summed E-state index contributed by atoms with van der Waals surface area (Å²) in [5.41, 5.74) is 0.926. The Balaban J connectivity index is 1.96. The first-order valence-electron chi connectivity index (χ1n) is 7.04. The van der Waals surface area contributed by atoms with E-state index in [0.717, 1.165) is 11.3 Å². The van der Waals surface area contributed by atoms with Crippen molar-refractivity contribution in [3.8, 4) is 11.6 Å². The molecule has 1 unspecified atom stereocenters. The van der Waals surface area contributed by atoms with Gasteiger partial charge in [0.15, 0.2) is 6.10 Å². The third kappa shape index (κ3) is 4.88. The van der Waals surface area contributed by atoms with Crippen LogP contribution in [-0.2, 0) is 11.3 Å². The van der Waals surface area contributed by atoms with Crippen LogP contribution in [0, 0.1) is 0 Å². The number of ether oxygens (including phenoxy) is 2. The molecule has 0 saturated carbocycles. The van der Waals surface area contributed by atoms with E-state index in [4.69, 9.17) is 32.7 Å². The van der Waals surface area contributed by atoms with Crippen molar-refractivity contribution in [3.05, 3.63) is 64.8 Å². The number of halogens is 2. The number of rotatable bonds is 7. The maximum Gasteiger partial charge on any atom is 0.265 e. The second-order valence-corrected chi connectivity index (χ2v) is 5.62. The monoisotopic (exact) mass is 366 g/mol. The second-order valence-electron chi connectivity index (χ2n) is 4.78. The number of nitrogens with zero attached hydrogens (tertiary/aromatic N) is 1. The fraction of sp³-hybridized carbons (Fsp3) is 0.176. The Morgan fingerprint density at radius 2 is 2.08 bits per heavy atom. The highest BCUT2D eigenvalue weighted by molar-refractivity contribution is 6.35. The van der Waals surface area contributed by atoms with Crippen LogP contribution in [0.25, 0.3) is 0 Å². The van der Waals surface area contributed by atoms with Crippen LogP contribution in [0.15, 0.2) is 49.2 Å². The van der Waals surface area contributed by atoms with E-state index >= 15 is 0 Å². The molecule has 0 aliphatic carbocycles. The number of methoxy groups -OCH3 is 1. The maximum atomic E-state index is 12.2. The van der Waals surface area contributed by atoms with E-state index < -0.39 is 6.10 Å². The molecule has 0 aliphatic heterocycles. The summed E-state index contributed by atoms with van der Waals surface area (Å²) in [5, 5.41) is 3.37. The highest BCUT2D eigenvalue weighted by Crippen LogP contribution is 2.25. The maximum absolute atomic E-state index is 12.2. The molecule has 24 heavy (non-hydrogen) atoms. The van der Waals surface area contributed by atoms with Gasteiger partial charge in [0.1, 0.15) is 10.8 Å².